The number of hydrogen-bond donors (Lipinski definition) is 7. The Morgan fingerprint density at radius 3 is 2.04 bits per heavy atom. The van der Waals surface area contributed by atoms with Crippen molar-refractivity contribution in [2.75, 3.05) is 13.1 Å². The summed E-state index contributed by atoms with van der Waals surface area (Å²) in [5, 5.41) is 8.49. The van der Waals surface area contributed by atoms with Gasteiger partial charge in [-0.2, -0.15) is 0 Å². The van der Waals surface area contributed by atoms with E-state index in [9.17, 15) is 19.2 Å². The fourth-order valence-corrected chi connectivity index (χ4v) is 5.21. The number of carbonyl (C=O) groups is 4. The second-order valence-corrected chi connectivity index (χ2v) is 12.4. The minimum absolute atomic E-state index is 0.0541. The van der Waals surface area contributed by atoms with E-state index in [1.807, 2.05) is 30.3 Å². The van der Waals surface area contributed by atoms with Gasteiger partial charge in [0.1, 0.15) is 12.1 Å². The summed E-state index contributed by atoms with van der Waals surface area (Å²) in [6.07, 6.45) is 4.38. The highest BCUT2D eigenvalue weighted by atomic mass is 32.1. The number of aliphatic imine (C=N–C) groups is 1. The van der Waals surface area contributed by atoms with Crippen molar-refractivity contribution in [1.82, 2.24) is 25.1 Å². The van der Waals surface area contributed by atoms with Crippen LogP contribution in [0.15, 0.2) is 41.5 Å². The molecule has 2 rings (SSSR count). The van der Waals surface area contributed by atoms with Crippen LogP contribution in [0.2, 0.25) is 0 Å². The van der Waals surface area contributed by atoms with Gasteiger partial charge in [0.05, 0.1) is 12.1 Å². The van der Waals surface area contributed by atoms with Crippen molar-refractivity contribution in [3.63, 3.8) is 0 Å². The second kappa shape index (κ2) is 19.6. The van der Waals surface area contributed by atoms with Crippen molar-refractivity contribution in [1.29, 1.82) is 0 Å². The molecule has 0 fully saturated rings. The Hall–Kier alpha value is -4.08. The first-order valence-electron chi connectivity index (χ1n) is 16.0. The topological polar surface area (TPSA) is 231 Å². The predicted molar refractivity (Wildman–Crippen MR) is 185 cm³/mol. The molecule has 14 nitrogen and oxygen atoms in total. The molecule has 15 heteroatoms. The average Bonchev–Trinajstić information content (AvgIpc) is 3.27. The van der Waals surface area contributed by atoms with E-state index in [2.05, 4.69) is 20.9 Å². The number of aromatic nitrogens is 2. The number of Topliss-reactive ketones (excluding diaryl/α,β-unsaturated/α-hetero) is 1. The Kier molecular flexibility index (Phi) is 16.3. The number of ketones is 1. The quantitative estimate of drug-likeness (QED) is 0.0436. The molecule has 2 aromatic rings. The smallest absolute Gasteiger partial charge is 0.243 e. The molecule has 0 saturated heterocycles. The number of rotatable bonds is 20. The summed E-state index contributed by atoms with van der Waals surface area (Å²) < 4.78 is 4.01. The summed E-state index contributed by atoms with van der Waals surface area (Å²) in [5.41, 5.74) is 24.2. The monoisotopic (exact) mass is 672 g/mol. The highest BCUT2D eigenvalue weighted by Crippen LogP contribution is 2.12. The van der Waals surface area contributed by atoms with Gasteiger partial charge in [0.15, 0.2) is 16.5 Å². The summed E-state index contributed by atoms with van der Waals surface area (Å²) in [7, 11) is 3.56. The first-order chi connectivity index (χ1) is 22.2. The van der Waals surface area contributed by atoms with E-state index in [-0.39, 0.29) is 36.9 Å². The van der Waals surface area contributed by atoms with Gasteiger partial charge in [-0.05, 0) is 62.9 Å². The van der Waals surface area contributed by atoms with Crippen molar-refractivity contribution in [3.8, 4) is 0 Å². The van der Waals surface area contributed by atoms with Gasteiger partial charge < -0.3 is 48.0 Å². The molecule has 1 aromatic heterocycles. The Morgan fingerprint density at radius 1 is 0.851 bits per heavy atom. The molecule has 3 amide bonds. The number of guanidine groups is 1. The van der Waals surface area contributed by atoms with Gasteiger partial charge in [-0.1, -0.05) is 44.2 Å². The molecule has 260 valence electrons. The summed E-state index contributed by atoms with van der Waals surface area (Å²) >= 11 is 5.43. The minimum Gasteiger partial charge on any atom is -0.370 e. The molecular formula is C32H52N10O4S. The van der Waals surface area contributed by atoms with Crippen LogP contribution >= 0.6 is 12.2 Å². The summed E-state index contributed by atoms with van der Waals surface area (Å²) in [6, 6.07) is 5.61. The zero-order chi connectivity index (χ0) is 35.1. The van der Waals surface area contributed by atoms with E-state index >= 15 is 0 Å². The standard InChI is InChI=1S/C32H52N10O4S/c1-20(2)27(43)25(17-21-11-6-5-7-12-21)39-29(45)24(14-8-9-15-33)38-30(46)26(18-22-19-41(3)32(47)42(22)4)40-28(44)23(34)13-10-16-37-31(35)36/h5-7,11-12,19-20,23-26H,8-10,13-18,33-34H2,1-4H3,(H,38,46)(H,39,45)(H,40,44)(H4,35,36,37). The lowest BCUT2D eigenvalue weighted by atomic mass is 9.95. The molecule has 0 radical (unpaired) electrons. The van der Waals surface area contributed by atoms with E-state index in [0.29, 0.717) is 49.2 Å². The summed E-state index contributed by atoms with van der Waals surface area (Å²) in [6.45, 7) is 4.28. The van der Waals surface area contributed by atoms with Gasteiger partial charge >= 0.3 is 0 Å². The van der Waals surface area contributed by atoms with Gasteiger partial charge in [-0.25, -0.2) is 0 Å². The number of nitrogens with zero attached hydrogens (tertiary/aromatic N) is 3. The second-order valence-electron chi connectivity index (χ2n) is 12.0. The lowest BCUT2D eigenvalue weighted by Crippen LogP contribution is -2.58. The maximum absolute atomic E-state index is 13.9. The fourth-order valence-electron chi connectivity index (χ4n) is 5.04. The molecule has 0 aliphatic carbocycles. The van der Waals surface area contributed by atoms with Gasteiger partial charge in [-0.3, -0.25) is 24.2 Å². The number of amides is 3. The van der Waals surface area contributed by atoms with Gasteiger partial charge in [0.2, 0.25) is 17.7 Å². The number of unbranched alkanes of at least 4 members (excludes halogenated alkanes) is 1. The summed E-state index contributed by atoms with van der Waals surface area (Å²) in [4.78, 5) is 57.9. The number of benzene rings is 1. The van der Waals surface area contributed by atoms with Gasteiger partial charge in [0.25, 0.3) is 0 Å². The first kappa shape index (κ1) is 39.1. The van der Waals surface area contributed by atoms with Crippen LogP contribution in [0.5, 0.6) is 0 Å². The lowest BCUT2D eigenvalue weighted by Gasteiger charge is -2.26. The SMILES string of the molecule is CC(C)C(=O)C(Cc1ccccc1)NC(=O)C(CCCCN)NC(=O)C(Cc1cn(C)c(=S)n1C)NC(=O)C(N)CCCN=C(N)N. The minimum atomic E-state index is -1.09. The largest absolute Gasteiger partial charge is 0.370 e. The van der Waals surface area contributed by atoms with E-state index in [0.717, 1.165) is 5.56 Å². The Balaban J connectivity index is 2.31. The molecule has 0 spiro atoms. The number of hydrogen-bond acceptors (Lipinski definition) is 8. The number of nitrogens with one attached hydrogen (secondary N) is 3. The molecule has 11 N–H and O–H groups in total. The molecule has 4 atom stereocenters. The number of carbonyl (C=O) groups excluding carboxylic acids is 4. The van der Waals surface area contributed by atoms with Crippen molar-refractivity contribution in [2.45, 2.75) is 83.0 Å². The van der Waals surface area contributed by atoms with Crippen LogP contribution in [0.1, 0.15) is 57.2 Å². The Bertz CT molecular complexity index is 1420. The zero-order valence-electron chi connectivity index (χ0n) is 27.9. The van der Waals surface area contributed by atoms with Gasteiger partial charge in [-0.15, -0.1) is 0 Å². The first-order valence-corrected chi connectivity index (χ1v) is 16.4. The summed E-state index contributed by atoms with van der Waals surface area (Å²) in [5.74, 6) is -2.11. The third-order valence-corrected chi connectivity index (χ3v) is 8.37. The van der Waals surface area contributed by atoms with Crippen LogP contribution in [0.3, 0.4) is 0 Å². The molecular weight excluding hydrogens is 620 g/mol. The molecule has 4 unspecified atom stereocenters. The maximum Gasteiger partial charge on any atom is 0.243 e. The van der Waals surface area contributed by atoms with E-state index in [4.69, 9.17) is 35.2 Å². The van der Waals surface area contributed by atoms with Crippen molar-refractivity contribution in [3.05, 3.63) is 52.6 Å². The van der Waals surface area contributed by atoms with E-state index < -0.39 is 41.9 Å². The van der Waals surface area contributed by atoms with Gasteiger partial charge in [0, 0.05) is 44.9 Å². The molecule has 1 aromatic carbocycles. The number of aryl methyl sites for hydroxylation is 1. The lowest BCUT2D eigenvalue weighted by molar-refractivity contribution is -0.134. The van der Waals surface area contributed by atoms with Crippen LogP contribution in [0, 0.1) is 10.7 Å². The van der Waals surface area contributed by atoms with Crippen LogP contribution in [-0.2, 0) is 46.1 Å². The van der Waals surface area contributed by atoms with Crippen molar-refractivity contribution < 1.29 is 19.2 Å². The highest BCUT2D eigenvalue weighted by molar-refractivity contribution is 7.71. The molecule has 0 saturated carbocycles. The normalized spacial score (nSPS) is 13.7. The number of nitrogens with two attached hydrogens (primary N) is 4. The molecule has 0 bridgehead atoms. The molecule has 0 aliphatic rings. The third-order valence-electron chi connectivity index (χ3n) is 7.80. The van der Waals surface area contributed by atoms with E-state index in [1.54, 1.807) is 43.3 Å². The third kappa shape index (κ3) is 12.9. The van der Waals surface area contributed by atoms with Crippen LogP contribution < -0.4 is 38.9 Å². The highest BCUT2D eigenvalue weighted by Gasteiger charge is 2.31. The number of imidazole rings is 1. The van der Waals surface area contributed by atoms with Crippen LogP contribution in [0.4, 0.5) is 0 Å². The predicted octanol–water partition coefficient (Wildman–Crippen LogP) is 0.0677. The van der Waals surface area contributed by atoms with Crippen molar-refractivity contribution in [2.24, 2.45) is 47.9 Å². The fraction of sp³-hybridized carbons (Fsp3) is 0.562. The Morgan fingerprint density at radius 2 is 1.47 bits per heavy atom. The van der Waals surface area contributed by atoms with Crippen molar-refractivity contribution >= 4 is 41.7 Å². The zero-order valence-corrected chi connectivity index (χ0v) is 28.7. The molecule has 0 aliphatic heterocycles. The molecule has 47 heavy (non-hydrogen) atoms. The Labute approximate surface area is 282 Å². The van der Waals surface area contributed by atoms with Crippen LogP contribution in [-0.4, -0.2) is 75.9 Å². The molecule has 1 heterocycles. The average molecular weight is 673 g/mol. The van der Waals surface area contributed by atoms with Crippen LogP contribution in [0.25, 0.3) is 0 Å². The maximum atomic E-state index is 13.9. The van der Waals surface area contributed by atoms with E-state index in [1.165, 1.54) is 0 Å².